The second kappa shape index (κ2) is 7.51. The molecule has 0 N–H and O–H groups in total. The van der Waals surface area contributed by atoms with Crippen molar-refractivity contribution in [2.45, 2.75) is 0 Å². The van der Waals surface area contributed by atoms with E-state index in [1.165, 1.54) is 4.70 Å². The van der Waals surface area contributed by atoms with Crippen molar-refractivity contribution in [3.63, 3.8) is 0 Å². The third kappa shape index (κ3) is 3.35. The molecule has 0 spiro atoms. The number of aromatic nitrogens is 2. The molecule has 0 radical (unpaired) electrons. The molecule has 0 amide bonds. The van der Waals surface area contributed by atoms with Crippen molar-refractivity contribution < 1.29 is 9.47 Å². The number of hydrogen-bond acceptors (Lipinski definition) is 8. The van der Waals surface area contributed by atoms with E-state index in [1.54, 1.807) is 36.9 Å². The number of nitrogens with zero attached hydrogens (tertiary/aromatic N) is 4. The molecule has 150 valence electrons. The van der Waals surface area contributed by atoms with Crippen LogP contribution in [0.1, 0.15) is 0 Å². The summed E-state index contributed by atoms with van der Waals surface area (Å²) in [4.78, 5) is 14.3. The summed E-state index contributed by atoms with van der Waals surface area (Å²) < 4.78 is 12.9. The van der Waals surface area contributed by atoms with Crippen LogP contribution in [0, 0.1) is 0 Å². The molecule has 4 aromatic rings. The standard InChI is InChI=1S/C20H19ClN4O2S2/c1-26-12-3-6-16-14(11-12)22-19(28-16)24-7-9-25(10-8-24)20-23-17-15(27-2)5-4-13(21)18(17)29-20/h3-6,11H,7-10H2,1-2H3. The molecule has 0 bridgehead atoms. The first-order valence-corrected chi connectivity index (χ1v) is 11.2. The summed E-state index contributed by atoms with van der Waals surface area (Å²) in [6.07, 6.45) is 0. The molecule has 0 atom stereocenters. The fraction of sp³-hybridized carbons (Fsp3) is 0.300. The first-order chi connectivity index (χ1) is 14.2. The Morgan fingerprint density at radius 3 is 2.31 bits per heavy atom. The van der Waals surface area contributed by atoms with E-state index >= 15 is 0 Å². The minimum absolute atomic E-state index is 0.716. The SMILES string of the molecule is COc1ccc2sc(N3CCN(c4nc5c(OC)ccc(Cl)c5s4)CC3)nc2c1. The lowest BCUT2D eigenvalue weighted by atomic mass is 10.3. The van der Waals surface area contributed by atoms with Gasteiger partial charge in [-0.25, -0.2) is 9.97 Å². The number of thiazole rings is 2. The van der Waals surface area contributed by atoms with Gasteiger partial charge in [-0.15, -0.1) is 0 Å². The highest BCUT2D eigenvalue weighted by molar-refractivity contribution is 7.23. The number of methoxy groups -OCH3 is 2. The monoisotopic (exact) mass is 446 g/mol. The Hall–Kier alpha value is -2.29. The summed E-state index contributed by atoms with van der Waals surface area (Å²) in [7, 11) is 3.34. The predicted molar refractivity (Wildman–Crippen MR) is 122 cm³/mol. The second-order valence-corrected chi connectivity index (χ2v) is 9.12. The number of benzene rings is 2. The largest absolute Gasteiger partial charge is 0.497 e. The molecule has 0 unspecified atom stereocenters. The highest BCUT2D eigenvalue weighted by Crippen LogP contribution is 2.39. The van der Waals surface area contributed by atoms with Gasteiger partial charge in [0.25, 0.3) is 0 Å². The quantitative estimate of drug-likeness (QED) is 0.444. The van der Waals surface area contributed by atoms with Gasteiger partial charge in [0.1, 0.15) is 17.0 Å². The Morgan fingerprint density at radius 1 is 0.897 bits per heavy atom. The van der Waals surface area contributed by atoms with Crippen molar-refractivity contribution in [3.05, 3.63) is 35.4 Å². The van der Waals surface area contributed by atoms with E-state index < -0.39 is 0 Å². The lowest BCUT2D eigenvalue weighted by Crippen LogP contribution is -2.46. The third-order valence-corrected chi connectivity index (χ3v) is 7.74. The van der Waals surface area contributed by atoms with Gasteiger partial charge in [-0.3, -0.25) is 0 Å². The van der Waals surface area contributed by atoms with E-state index in [9.17, 15) is 0 Å². The first kappa shape index (κ1) is 18.7. The maximum atomic E-state index is 6.37. The summed E-state index contributed by atoms with van der Waals surface area (Å²) in [6.45, 7) is 3.58. The molecule has 3 heterocycles. The van der Waals surface area contributed by atoms with Gasteiger partial charge in [0.15, 0.2) is 10.3 Å². The topological polar surface area (TPSA) is 50.7 Å². The third-order valence-electron chi connectivity index (χ3n) is 5.07. The van der Waals surface area contributed by atoms with Gasteiger partial charge in [0.2, 0.25) is 0 Å². The fourth-order valence-corrected chi connectivity index (χ4v) is 5.79. The van der Waals surface area contributed by atoms with Crippen LogP contribution in [-0.4, -0.2) is 50.4 Å². The molecule has 1 saturated heterocycles. The number of hydrogen-bond donors (Lipinski definition) is 0. The Morgan fingerprint density at radius 2 is 1.62 bits per heavy atom. The second-order valence-electron chi connectivity index (χ2n) is 6.73. The number of halogens is 1. The number of ether oxygens (including phenoxy) is 2. The lowest BCUT2D eigenvalue weighted by molar-refractivity contribution is 0.415. The number of rotatable bonds is 4. The van der Waals surface area contributed by atoms with Gasteiger partial charge in [-0.2, -0.15) is 0 Å². The molecule has 2 aromatic carbocycles. The van der Waals surface area contributed by atoms with Gasteiger partial charge < -0.3 is 19.3 Å². The summed E-state index contributed by atoms with van der Waals surface area (Å²) in [6, 6.07) is 9.78. The Bertz CT molecular complexity index is 1180. The Labute approximate surface area is 181 Å². The normalized spacial score (nSPS) is 14.7. The van der Waals surface area contributed by atoms with E-state index in [-0.39, 0.29) is 0 Å². The molecule has 1 fully saturated rings. The molecule has 1 aliphatic heterocycles. The van der Waals surface area contributed by atoms with Crippen LogP contribution in [0.15, 0.2) is 30.3 Å². The molecule has 9 heteroatoms. The van der Waals surface area contributed by atoms with Crippen molar-refractivity contribution in [3.8, 4) is 11.5 Å². The maximum Gasteiger partial charge on any atom is 0.186 e. The van der Waals surface area contributed by atoms with E-state index in [2.05, 4.69) is 15.9 Å². The van der Waals surface area contributed by atoms with Crippen LogP contribution < -0.4 is 19.3 Å². The summed E-state index contributed by atoms with van der Waals surface area (Å²) in [5, 5.41) is 2.76. The zero-order valence-electron chi connectivity index (χ0n) is 16.0. The van der Waals surface area contributed by atoms with E-state index in [0.29, 0.717) is 5.02 Å². The fourth-order valence-electron chi connectivity index (χ4n) is 3.49. The first-order valence-electron chi connectivity index (χ1n) is 9.24. The average molecular weight is 447 g/mol. The van der Waals surface area contributed by atoms with E-state index in [0.717, 1.165) is 63.7 Å². The van der Waals surface area contributed by atoms with E-state index in [1.807, 2.05) is 24.3 Å². The van der Waals surface area contributed by atoms with Crippen LogP contribution in [0.5, 0.6) is 11.5 Å². The highest BCUT2D eigenvalue weighted by atomic mass is 35.5. The lowest BCUT2D eigenvalue weighted by Gasteiger charge is -2.34. The number of piperazine rings is 1. The zero-order chi connectivity index (χ0) is 20.0. The molecule has 2 aromatic heterocycles. The van der Waals surface area contributed by atoms with Crippen molar-refractivity contribution in [1.82, 2.24) is 9.97 Å². The van der Waals surface area contributed by atoms with Crippen LogP contribution in [0.25, 0.3) is 20.4 Å². The molecule has 29 heavy (non-hydrogen) atoms. The molecule has 6 nitrogen and oxygen atoms in total. The minimum atomic E-state index is 0.716. The van der Waals surface area contributed by atoms with Gasteiger partial charge in [0, 0.05) is 32.2 Å². The van der Waals surface area contributed by atoms with Crippen molar-refractivity contribution >= 4 is 65.0 Å². The van der Waals surface area contributed by atoms with Crippen LogP contribution in [0.4, 0.5) is 10.3 Å². The van der Waals surface area contributed by atoms with Gasteiger partial charge in [-0.1, -0.05) is 34.3 Å². The van der Waals surface area contributed by atoms with Crippen LogP contribution in [-0.2, 0) is 0 Å². The minimum Gasteiger partial charge on any atom is -0.497 e. The number of anilines is 2. The predicted octanol–water partition coefficient (Wildman–Crippen LogP) is 4.90. The van der Waals surface area contributed by atoms with Gasteiger partial charge >= 0.3 is 0 Å². The van der Waals surface area contributed by atoms with Crippen molar-refractivity contribution in [2.24, 2.45) is 0 Å². The Balaban J connectivity index is 1.35. The zero-order valence-corrected chi connectivity index (χ0v) is 18.4. The molecule has 0 aliphatic carbocycles. The highest BCUT2D eigenvalue weighted by Gasteiger charge is 2.23. The molecule has 5 rings (SSSR count). The van der Waals surface area contributed by atoms with Gasteiger partial charge in [-0.05, 0) is 24.3 Å². The summed E-state index contributed by atoms with van der Waals surface area (Å²) in [5.41, 5.74) is 1.82. The molecular formula is C20H19ClN4O2S2. The average Bonchev–Trinajstić information content (AvgIpc) is 3.39. The number of fused-ring (bicyclic) bond motifs is 2. The van der Waals surface area contributed by atoms with Crippen molar-refractivity contribution in [1.29, 1.82) is 0 Å². The molecule has 1 aliphatic rings. The maximum absolute atomic E-state index is 6.37. The Kier molecular flexibility index (Phi) is 4.85. The van der Waals surface area contributed by atoms with Crippen LogP contribution in [0.2, 0.25) is 5.02 Å². The van der Waals surface area contributed by atoms with Crippen LogP contribution in [0.3, 0.4) is 0 Å². The van der Waals surface area contributed by atoms with Crippen LogP contribution >= 0.6 is 34.3 Å². The molecular weight excluding hydrogens is 428 g/mol. The summed E-state index contributed by atoms with van der Waals surface area (Å²) in [5.74, 6) is 1.60. The van der Waals surface area contributed by atoms with Gasteiger partial charge in [0.05, 0.1) is 34.2 Å². The van der Waals surface area contributed by atoms with E-state index in [4.69, 9.17) is 31.0 Å². The smallest absolute Gasteiger partial charge is 0.186 e. The van der Waals surface area contributed by atoms with Crippen molar-refractivity contribution in [2.75, 3.05) is 50.2 Å². The summed E-state index contributed by atoms with van der Waals surface area (Å²) >= 11 is 9.72. The molecule has 0 saturated carbocycles.